The van der Waals surface area contributed by atoms with Gasteiger partial charge in [-0.3, -0.25) is 9.59 Å². The van der Waals surface area contributed by atoms with Crippen molar-refractivity contribution in [3.05, 3.63) is 0 Å². The largest absolute Gasteiger partial charge is 0.480 e. The second-order valence-corrected chi connectivity index (χ2v) is 3.90. The second-order valence-electron chi connectivity index (χ2n) is 2.75. The van der Waals surface area contributed by atoms with Gasteiger partial charge >= 0.3 is 11.9 Å². The van der Waals surface area contributed by atoms with Crippen LogP contribution in [0.25, 0.3) is 0 Å². The summed E-state index contributed by atoms with van der Waals surface area (Å²) in [5.41, 5.74) is 10.5. The molecule has 14 heavy (non-hydrogen) atoms. The first-order chi connectivity index (χ1) is 6.45. The minimum atomic E-state index is -1.06. The molecule has 6 N–H and O–H groups in total. The topological polar surface area (TPSA) is 127 Å². The molecular formula is C7H14N2O4S. The van der Waals surface area contributed by atoms with Gasteiger partial charge in [-0.1, -0.05) is 0 Å². The zero-order valence-corrected chi connectivity index (χ0v) is 8.37. The number of rotatable bonds is 7. The molecule has 0 aliphatic heterocycles. The Kier molecular flexibility index (Phi) is 6.26. The SMILES string of the molecule is NC(CCSC[C@H](N)C(=O)O)C(=O)O. The number of aliphatic carboxylic acids is 2. The molecule has 0 heterocycles. The normalized spacial score (nSPS) is 14.7. The molecule has 0 radical (unpaired) electrons. The highest BCUT2D eigenvalue weighted by Crippen LogP contribution is 2.05. The summed E-state index contributed by atoms with van der Waals surface area (Å²) in [6, 6.07) is -1.79. The number of nitrogens with two attached hydrogens (primary N) is 2. The van der Waals surface area contributed by atoms with E-state index >= 15 is 0 Å². The number of hydrogen-bond donors (Lipinski definition) is 4. The van der Waals surface area contributed by atoms with E-state index < -0.39 is 24.0 Å². The van der Waals surface area contributed by atoms with Crippen LogP contribution in [-0.4, -0.2) is 45.7 Å². The van der Waals surface area contributed by atoms with Crippen LogP contribution in [0.1, 0.15) is 6.42 Å². The number of carboxylic acids is 2. The van der Waals surface area contributed by atoms with E-state index in [-0.39, 0.29) is 5.75 Å². The third-order valence-electron chi connectivity index (χ3n) is 1.50. The van der Waals surface area contributed by atoms with Gasteiger partial charge in [-0.05, 0) is 12.2 Å². The highest BCUT2D eigenvalue weighted by atomic mass is 32.2. The molecule has 0 aromatic carbocycles. The van der Waals surface area contributed by atoms with Gasteiger partial charge in [0.05, 0.1) is 0 Å². The molecule has 0 fully saturated rings. The molecule has 0 aromatic rings. The fraction of sp³-hybridized carbons (Fsp3) is 0.714. The summed E-state index contributed by atoms with van der Waals surface area (Å²) in [6.07, 6.45) is 0.312. The molecule has 82 valence electrons. The second kappa shape index (κ2) is 6.63. The first kappa shape index (κ1) is 13.2. The van der Waals surface area contributed by atoms with E-state index in [1.807, 2.05) is 0 Å². The van der Waals surface area contributed by atoms with E-state index in [9.17, 15) is 9.59 Å². The Morgan fingerprint density at radius 3 is 2.07 bits per heavy atom. The first-order valence-electron chi connectivity index (χ1n) is 3.99. The highest BCUT2D eigenvalue weighted by molar-refractivity contribution is 7.99. The maximum atomic E-state index is 10.3. The van der Waals surface area contributed by atoms with Crippen LogP contribution in [0, 0.1) is 0 Å². The lowest BCUT2D eigenvalue weighted by atomic mass is 10.2. The average molecular weight is 222 g/mol. The van der Waals surface area contributed by atoms with E-state index in [4.69, 9.17) is 21.7 Å². The van der Waals surface area contributed by atoms with Crippen LogP contribution in [0.5, 0.6) is 0 Å². The molecule has 0 aromatic heterocycles. The Bertz CT molecular complexity index is 190. The van der Waals surface area contributed by atoms with Crippen molar-refractivity contribution in [1.29, 1.82) is 0 Å². The molecule has 7 heteroatoms. The zero-order chi connectivity index (χ0) is 11.1. The van der Waals surface area contributed by atoms with Crippen molar-refractivity contribution in [3.8, 4) is 0 Å². The fourth-order valence-corrected chi connectivity index (χ4v) is 1.60. The zero-order valence-electron chi connectivity index (χ0n) is 7.55. The van der Waals surface area contributed by atoms with Crippen LogP contribution in [0.4, 0.5) is 0 Å². The Hall–Kier alpha value is -0.790. The lowest BCUT2D eigenvalue weighted by Crippen LogP contribution is -2.33. The minimum absolute atomic E-state index is 0.266. The molecule has 0 rings (SSSR count). The predicted octanol–water partition coefficient (Wildman–Crippen LogP) is -1.07. The molecule has 6 nitrogen and oxygen atoms in total. The van der Waals surface area contributed by atoms with E-state index in [1.165, 1.54) is 11.8 Å². The van der Waals surface area contributed by atoms with Gasteiger partial charge in [0.1, 0.15) is 12.1 Å². The molecule has 1 unspecified atom stereocenters. The lowest BCUT2D eigenvalue weighted by Gasteiger charge is -2.07. The standard InChI is InChI=1S/C7H14N2O4S/c8-4(6(10)11)1-2-14-3-5(9)7(12)13/h4-5H,1-3,8-9H2,(H,10,11)(H,12,13)/t4?,5-/m0/s1. The van der Waals surface area contributed by atoms with Gasteiger partial charge in [0.25, 0.3) is 0 Å². The molecule has 0 aliphatic carbocycles. The predicted molar refractivity (Wildman–Crippen MR) is 53.2 cm³/mol. The molecule has 0 saturated carbocycles. The number of thioether (sulfide) groups is 1. The van der Waals surface area contributed by atoms with Crippen LogP contribution < -0.4 is 11.5 Å². The van der Waals surface area contributed by atoms with E-state index in [2.05, 4.69) is 0 Å². The highest BCUT2D eigenvalue weighted by Gasteiger charge is 2.13. The summed E-state index contributed by atoms with van der Waals surface area (Å²) in [7, 11) is 0. The van der Waals surface area contributed by atoms with Gasteiger partial charge in [-0.25, -0.2) is 0 Å². The van der Waals surface area contributed by atoms with Crippen molar-refractivity contribution in [3.63, 3.8) is 0 Å². The Balaban J connectivity index is 3.47. The summed E-state index contributed by atoms with van der Waals surface area (Å²) in [5.74, 6) is -1.34. The summed E-state index contributed by atoms with van der Waals surface area (Å²) in [5, 5.41) is 16.8. The monoisotopic (exact) mass is 222 g/mol. The summed E-state index contributed by atoms with van der Waals surface area (Å²) in [4.78, 5) is 20.6. The Morgan fingerprint density at radius 2 is 1.64 bits per heavy atom. The van der Waals surface area contributed by atoms with Crippen molar-refractivity contribution in [2.45, 2.75) is 18.5 Å². The van der Waals surface area contributed by atoms with Crippen LogP contribution in [0.15, 0.2) is 0 Å². The first-order valence-corrected chi connectivity index (χ1v) is 5.15. The van der Waals surface area contributed by atoms with E-state index in [1.54, 1.807) is 0 Å². The number of carboxylic acid groups (broad SMARTS) is 2. The quantitative estimate of drug-likeness (QED) is 0.404. The smallest absolute Gasteiger partial charge is 0.321 e. The third kappa shape index (κ3) is 5.79. The Labute approximate surface area is 85.6 Å². The van der Waals surface area contributed by atoms with Crippen LogP contribution in [0.3, 0.4) is 0 Å². The number of carbonyl (C=O) groups is 2. The van der Waals surface area contributed by atoms with Gasteiger partial charge in [0, 0.05) is 5.75 Å². The minimum Gasteiger partial charge on any atom is -0.480 e. The maximum absolute atomic E-state index is 10.3. The average Bonchev–Trinajstić information content (AvgIpc) is 2.11. The molecule has 0 amide bonds. The molecule has 0 aliphatic rings. The number of hydrogen-bond acceptors (Lipinski definition) is 5. The summed E-state index contributed by atoms with van der Waals surface area (Å²) in [6.45, 7) is 0. The van der Waals surface area contributed by atoms with E-state index in [0.29, 0.717) is 12.2 Å². The third-order valence-corrected chi connectivity index (χ3v) is 2.62. The van der Waals surface area contributed by atoms with Crippen molar-refractivity contribution >= 4 is 23.7 Å². The lowest BCUT2D eigenvalue weighted by molar-refractivity contribution is -0.139. The fourth-order valence-electron chi connectivity index (χ4n) is 0.615. The van der Waals surface area contributed by atoms with Gasteiger partial charge in [-0.15, -0.1) is 0 Å². The maximum Gasteiger partial charge on any atom is 0.321 e. The van der Waals surface area contributed by atoms with Gasteiger partial charge in [0.2, 0.25) is 0 Å². The van der Waals surface area contributed by atoms with Crippen molar-refractivity contribution in [1.82, 2.24) is 0 Å². The summed E-state index contributed by atoms with van der Waals surface area (Å²) < 4.78 is 0. The van der Waals surface area contributed by atoms with Crippen molar-refractivity contribution in [2.24, 2.45) is 11.5 Å². The molecule has 0 saturated heterocycles. The van der Waals surface area contributed by atoms with Gasteiger partial charge in [-0.2, -0.15) is 11.8 Å². The van der Waals surface area contributed by atoms with Gasteiger partial charge in [0.15, 0.2) is 0 Å². The van der Waals surface area contributed by atoms with Gasteiger partial charge < -0.3 is 21.7 Å². The summed E-state index contributed by atoms with van der Waals surface area (Å²) >= 11 is 1.29. The molecule has 0 bridgehead atoms. The van der Waals surface area contributed by atoms with Crippen LogP contribution in [-0.2, 0) is 9.59 Å². The Morgan fingerprint density at radius 1 is 1.14 bits per heavy atom. The van der Waals surface area contributed by atoms with E-state index in [0.717, 1.165) is 0 Å². The molecular weight excluding hydrogens is 208 g/mol. The van der Waals surface area contributed by atoms with Crippen molar-refractivity contribution in [2.75, 3.05) is 11.5 Å². The molecule has 2 atom stereocenters. The van der Waals surface area contributed by atoms with Crippen molar-refractivity contribution < 1.29 is 19.8 Å². The molecule has 0 spiro atoms. The van der Waals surface area contributed by atoms with Crippen LogP contribution >= 0.6 is 11.8 Å². The van der Waals surface area contributed by atoms with Crippen LogP contribution in [0.2, 0.25) is 0 Å².